The van der Waals surface area contributed by atoms with Gasteiger partial charge in [0.1, 0.15) is 12.1 Å². The number of nitrogen functional groups attached to an aromatic ring is 1. The number of piperidine rings is 1. The van der Waals surface area contributed by atoms with Gasteiger partial charge < -0.3 is 14.8 Å². The lowest BCUT2D eigenvalue weighted by molar-refractivity contribution is 0.114. The first-order valence-electron chi connectivity index (χ1n) is 10.8. The third kappa shape index (κ3) is 4.13. The van der Waals surface area contributed by atoms with E-state index in [4.69, 9.17) is 10.3 Å². The van der Waals surface area contributed by atoms with Crippen molar-refractivity contribution in [3.63, 3.8) is 0 Å². The van der Waals surface area contributed by atoms with Crippen LogP contribution in [0.1, 0.15) is 34.9 Å². The first-order chi connectivity index (χ1) is 15.1. The van der Waals surface area contributed by atoms with Crippen molar-refractivity contribution in [1.29, 1.82) is 0 Å². The maximum atomic E-state index is 13.3. The van der Waals surface area contributed by atoms with Gasteiger partial charge in [-0.1, -0.05) is 17.3 Å². The number of hydrogen-bond donors (Lipinski definition) is 1. The van der Waals surface area contributed by atoms with Crippen LogP contribution >= 0.6 is 0 Å². The second kappa shape index (κ2) is 8.28. The van der Waals surface area contributed by atoms with Crippen molar-refractivity contribution >= 4 is 5.82 Å². The van der Waals surface area contributed by atoms with Crippen LogP contribution in [0.2, 0.25) is 0 Å². The van der Waals surface area contributed by atoms with Gasteiger partial charge in [-0.25, -0.2) is 4.98 Å². The standard InChI is InChI=1S/C23H28N6O2/c1-27(15-20-6-8-31-26-20)12-18-4-5-21-19-9-16(11-29(21)23(18)30)10-28(14-19)13-17-3-2-7-25-22(17)24/h2-8,16,19H,9-15H2,1H3,(H2,24,25)/t16-,19+/m0/s1. The highest BCUT2D eigenvalue weighted by Crippen LogP contribution is 2.36. The monoisotopic (exact) mass is 420 g/mol. The Balaban J connectivity index is 1.32. The van der Waals surface area contributed by atoms with Crippen molar-refractivity contribution in [2.75, 3.05) is 25.9 Å². The lowest BCUT2D eigenvalue weighted by atomic mass is 9.83. The maximum absolute atomic E-state index is 13.3. The van der Waals surface area contributed by atoms with Crippen LogP contribution in [0.25, 0.3) is 0 Å². The highest BCUT2D eigenvalue weighted by atomic mass is 16.5. The Hall–Kier alpha value is -2.97. The van der Waals surface area contributed by atoms with Crippen molar-refractivity contribution in [2.24, 2.45) is 5.92 Å². The minimum Gasteiger partial charge on any atom is -0.383 e. The Labute approximate surface area is 181 Å². The molecule has 162 valence electrons. The number of aromatic nitrogens is 3. The van der Waals surface area contributed by atoms with E-state index in [0.717, 1.165) is 55.1 Å². The summed E-state index contributed by atoms with van der Waals surface area (Å²) in [6.45, 7) is 4.75. The molecule has 1 saturated heterocycles. The van der Waals surface area contributed by atoms with Crippen LogP contribution in [0.5, 0.6) is 0 Å². The average molecular weight is 421 g/mol. The molecule has 8 heteroatoms. The van der Waals surface area contributed by atoms with Crippen LogP contribution < -0.4 is 11.3 Å². The molecule has 3 aromatic rings. The number of rotatable bonds is 6. The Morgan fingerprint density at radius 3 is 2.87 bits per heavy atom. The molecule has 1 fully saturated rings. The summed E-state index contributed by atoms with van der Waals surface area (Å²) < 4.78 is 6.92. The fourth-order valence-corrected chi connectivity index (χ4v) is 5.11. The molecular weight excluding hydrogens is 392 g/mol. The number of nitrogens with two attached hydrogens (primary N) is 1. The molecule has 31 heavy (non-hydrogen) atoms. The summed E-state index contributed by atoms with van der Waals surface area (Å²) in [5.74, 6) is 1.46. The van der Waals surface area contributed by atoms with Gasteiger partial charge in [-0.05, 0) is 31.5 Å². The molecule has 2 aliphatic heterocycles. The van der Waals surface area contributed by atoms with Crippen LogP contribution in [0.4, 0.5) is 5.82 Å². The van der Waals surface area contributed by atoms with Crippen LogP contribution in [0, 0.1) is 5.92 Å². The van der Waals surface area contributed by atoms with Crippen molar-refractivity contribution in [1.82, 2.24) is 24.5 Å². The Morgan fingerprint density at radius 1 is 1.16 bits per heavy atom. The van der Waals surface area contributed by atoms with E-state index in [1.54, 1.807) is 12.5 Å². The first-order valence-corrected chi connectivity index (χ1v) is 10.8. The second-order valence-corrected chi connectivity index (χ2v) is 8.90. The number of nitrogens with zero attached hydrogens (tertiary/aromatic N) is 5. The molecule has 0 radical (unpaired) electrons. The summed E-state index contributed by atoms with van der Waals surface area (Å²) in [6, 6.07) is 10.00. The third-order valence-corrected chi connectivity index (χ3v) is 6.44. The highest BCUT2D eigenvalue weighted by Gasteiger charge is 2.35. The molecule has 2 atom stereocenters. The largest absolute Gasteiger partial charge is 0.383 e. The number of hydrogen-bond acceptors (Lipinski definition) is 7. The van der Waals surface area contributed by atoms with Gasteiger partial charge in [0.25, 0.3) is 5.56 Å². The van der Waals surface area contributed by atoms with Gasteiger partial charge >= 0.3 is 0 Å². The van der Waals surface area contributed by atoms with E-state index in [0.29, 0.717) is 30.7 Å². The molecule has 5 heterocycles. The number of fused-ring (bicyclic) bond motifs is 4. The maximum Gasteiger partial charge on any atom is 0.255 e. The van der Waals surface area contributed by atoms with E-state index in [1.807, 2.05) is 35.9 Å². The molecule has 0 amide bonds. The molecule has 2 bridgehead atoms. The number of anilines is 1. The third-order valence-electron chi connectivity index (χ3n) is 6.44. The quantitative estimate of drug-likeness (QED) is 0.652. The van der Waals surface area contributed by atoms with E-state index in [-0.39, 0.29) is 5.56 Å². The summed E-state index contributed by atoms with van der Waals surface area (Å²) >= 11 is 0. The molecule has 8 nitrogen and oxygen atoms in total. The zero-order chi connectivity index (χ0) is 21.4. The van der Waals surface area contributed by atoms with Gasteiger partial charge in [-0.3, -0.25) is 14.6 Å². The minimum atomic E-state index is 0.143. The highest BCUT2D eigenvalue weighted by molar-refractivity contribution is 5.38. The SMILES string of the molecule is CN(Cc1ccon1)Cc1ccc2n(c1=O)C[C@H]1C[C@@H]2CN(Cc2cccnc2N)C1. The van der Waals surface area contributed by atoms with E-state index in [2.05, 4.69) is 26.0 Å². The molecule has 0 saturated carbocycles. The Morgan fingerprint density at radius 2 is 2.06 bits per heavy atom. The van der Waals surface area contributed by atoms with Gasteiger partial charge in [0.05, 0.1) is 5.69 Å². The molecule has 0 unspecified atom stereocenters. The molecule has 0 spiro atoms. The zero-order valence-electron chi connectivity index (χ0n) is 17.8. The van der Waals surface area contributed by atoms with E-state index in [1.165, 1.54) is 0 Å². The Bertz CT molecular complexity index is 1110. The van der Waals surface area contributed by atoms with E-state index in [9.17, 15) is 4.79 Å². The number of likely N-dealkylation sites (tertiary alicyclic amines) is 1. The summed E-state index contributed by atoms with van der Waals surface area (Å²) in [5, 5.41) is 3.96. The molecule has 0 aliphatic carbocycles. The van der Waals surface area contributed by atoms with Crippen LogP contribution in [0.3, 0.4) is 0 Å². The van der Waals surface area contributed by atoms with Gasteiger partial charge in [-0.15, -0.1) is 0 Å². The van der Waals surface area contributed by atoms with Crippen molar-refractivity contribution in [3.05, 3.63) is 75.7 Å². The average Bonchev–Trinajstić information content (AvgIpc) is 3.25. The van der Waals surface area contributed by atoms with E-state index >= 15 is 0 Å². The molecular formula is C23H28N6O2. The minimum absolute atomic E-state index is 0.143. The molecule has 2 aliphatic rings. The summed E-state index contributed by atoms with van der Waals surface area (Å²) in [7, 11) is 2.00. The summed E-state index contributed by atoms with van der Waals surface area (Å²) in [5.41, 5.74) is 10.1. The van der Waals surface area contributed by atoms with Gasteiger partial charge in [0, 0.05) is 74.3 Å². The van der Waals surface area contributed by atoms with Crippen molar-refractivity contribution in [2.45, 2.75) is 38.5 Å². The fraction of sp³-hybridized carbons (Fsp3) is 0.435. The van der Waals surface area contributed by atoms with Gasteiger partial charge in [0.2, 0.25) is 0 Å². The fourth-order valence-electron chi connectivity index (χ4n) is 5.11. The second-order valence-electron chi connectivity index (χ2n) is 8.90. The molecule has 5 rings (SSSR count). The predicted molar refractivity (Wildman–Crippen MR) is 117 cm³/mol. The van der Waals surface area contributed by atoms with Crippen molar-refractivity contribution in [3.8, 4) is 0 Å². The number of pyridine rings is 2. The molecule has 0 aromatic carbocycles. The smallest absolute Gasteiger partial charge is 0.255 e. The van der Waals surface area contributed by atoms with Crippen LogP contribution in [-0.4, -0.2) is 44.6 Å². The summed E-state index contributed by atoms with van der Waals surface area (Å²) in [4.78, 5) is 22.0. The van der Waals surface area contributed by atoms with E-state index < -0.39 is 0 Å². The lowest BCUT2D eigenvalue weighted by Gasteiger charge is -2.43. The topological polar surface area (TPSA) is 93.4 Å². The lowest BCUT2D eigenvalue weighted by Crippen LogP contribution is -2.47. The Kier molecular flexibility index (Phi) is 5.33. The zero-order valence-corrected chi connectivity index (χ0v) is 17.8. The first kappa shape index (κ1) is 20.0. The van der Waals surface area contributed by atoms with Crippen molar-refractivity contribution < 1.29 is 4.52 Å². The van der Waals surface area contributed by atoms with Gasteiger partial charge in [0.15, 0.2) is 0 Å². The predicted octanol–water partition coefficient (Wildman–Crippen LogP) is 2.06. The van der Waals surface area contributed by atoms with Crippen LogP contribution in [-0.2, 0) is 26.2 Å². The molecule has 2 N–H and O–H groups in total. The summed E-state index contributed by atoms with van der Waals surface area (Å²) in [6.07, 6.45) is 4.44. The van der Waals surface area contributed by atoms with Crippen LogP contribution in [0.15, 0.2) is 52.1 Å². The van der Waals surface area contributed by atoms with Gasteiger partial charge in [-0.2, -0.15) is 0 Å². The normalized spacial score (nSPS) is 20.7. The molecule has 3 aromatic heterocycles.